The van der Waals surface area contributed by atoms with Crippen molar-refractivity contribution in [3.63, 3.8) is 0 Å². The van der Waals surface area contributed by atoms with Gasteiger partial charge in [-0.05, 0) is 12.1 Å². The second-order valence-corrected chi connectivity index (χ2v) is 4.21. The van der Waals surface area contributed by atoms with Crippen molar-refractivity contribution < 1.29 is 14.3 Å². The van der Waals surface area contributed by atoms with Gasteiger partial charge in [-0.3, -0.25) is 4.79 Å². The van der Waals surface area contributed by atoms with Crippen molar-refractivity contribution in [2.24, 2.45) is 0 Å². The minimum absolute atomic E-state index is 0.296. The maximum atomic E-state index is 11.1. The van der Waals surface area contributed by atoms with Crippen molar-refractivity contribution in [2.45, 2.75) is 4.83 Å². The van der Waals surface area contributed by atoms with E-state index in [9.17, 15) is 4.79 Å². The van der Waals surface area contributed by atoms with Gasteiger partial charge in [-0.1, -0.05) is 22.0 Å². The summed E-state index contributed by atoms with van der Waals surface area (Å²) in [7, 11) is 2.98. The van der Waals surface area contributed by atoms with Gasteiger partial charge < -0.3 is 14.8 Å². The molecule has 0 amide bonds. The Morgan fingerprint density at radius 3 is 2.88 bits per heavy atom. The van der Waals surface area contributed by atoms with Gasteiger partial charge in [0, 0.05) is 18.3 Å². The zero-order valence-electron chi connectivity index (χ0n) is 9.20. The number of esters is 1. The van der Waals surface area contributed by atoms with Gasteiger partial charge >= 0.3 is 5.97 Å². The van der Waals surface area contributed by atoms with E-state index in [2.05, 4.69) is 26.0 Å². The molecule has 1 N–H and O–H groups in total. The molecule has 0 fully saturated rings. The van der Waals surface area contributed by atoms with Gasteiger partial charge in [-0.2, -0.15) is 0 Å². The first-order valence-electron chi connectivity index (χ1n) is 4.77. The smallest absolute Gasteiger partial charge is 0.321 e. The number of anilines is 1. The Labute approximate surface area is 103 Å². The van der Waals surface area contributed by atoms with Crippen LogP contribution in [0.5, 0.6) is 5.75 Å². The minimum Gasteiger partial charge on any atom is -0.497 e. The Kier molecular flexibility index (Phi) is 5.11. The predicted octanol–water partition coefficient (Wildman–Crippen LogP) is 2.04. The molecule has 0 bridgehead atoms. The summed E-state index contributed by atoms with van der Waals surface area (Å²) in [6, 6.07) is 7.50. The third kappa shape index (κ3) is 3.73. The van der Waals surface area contributed by atoms with Gasteiger partial charge in [-0.15, -0.1) is 0 Å². The fourth-order valence-electron chi connectivity index (χ4n) is 1.15. The lowest BCUT2D eigenvalue weighted by Crippen LogP contribution is -2.24. The number of rotatable bonds is 5. The van der Waals surface area contributed by atoms with Gasteiger partial charge in [0.05, 0.1) is 14.2 Å². The number of hydrogen-bond donors (Lipinski definition) is 1. The summed E-state index contributed by atoms with van der Waals surface area (Å²) in [5.74, 6) is 0.476. The third-order valence-corrected chi connectivity index (χ3v) is 2.71. The van der Waals surface area contributed by atoms with Gasteiger partial charge in [0.2, 0.25) is 0 Å². The van der Waals surface area contributed by atoms with Crippen molar-refractivity contribution in [2.75, 3.05) is 26.1 Å². The molecular weight excluding hydrogens is 274 g/mol. The maximum Gasteiger partial charge on any atom is 0.321 e. The average Bonchev–Trinajstić information content (AvgIpc) is 2.35. The molecule has 5 heteroatoms. The first-order chi connectivity index (χ1) is 7.67. The molecule has 0 saturated heterocycles. The zero-order valence-corrected chi connectivity index (χ0v) is 10.8. The summed E-state index contributed by atoms with van der Waals surface area (Å²) in [5, 5.41) is 3.11. The second-order valence-electron chi connectivity index (χ2n) is 3.10. The number of methoxy groups -OCH3 is 2. The fourth-order valence-corrected chi connectivity index (χ4v) is 1.50. The predicted molar refractivity (Wildman–Crippen MR) is 66.2 cm³/mol. The molecule has 1 rings (SSSR count). The van der Waals surface area contributed by atoms with E-state index in [1.54, 1.807) is 7.11 Å². The first kappa shape index (κ1) is 12.8. The average molecular weight is 288 g/mol. The molecule has 16 heavy (non-hydrogen) atoms. The van der Waals surface area contributed by atoms with Crippen LogP contribution in [-0.2, 0) is 9.53 Å². The van der Waals surface area contributed by atoms with Gasteiger partial charge in [0.25, 0.3) is 0 Å². The van der Waals surface area contributed by atoms with Crippen LogP contribution >= 0.6 is 15.9 Å². The number of hydrogen-bond acceptors (Lipinski definition) is 4. The van der Waals surface area contributed by atoms with Gasteiger partial charge in [0.15, 0.2) is 0 Å². The molecule has 88 valence electrons. The van der Waals surface area contributed by atoms with Gasteiger partial charge in [-0.25, -0.2) is 0 Å². The highest BCUT2D eigenvalue weighted by atomic mass is 79.9. The van der Waals surface area contributed by atoms with Crippen molar-refractivity contribution >= 4 is 27.6 Å². The maximum absolute atomic E-state index is 11.1. The molecule has 1 aromatic rings. The van der Waals surface area contributed by atoms with Crippen LogP contribution in [0.3, 0.4) is 0 Å². The van der Waals surface area contributed by atoms with Crippen LogP contribution in [0.1, 0.15) is 0 Å². The number of alkyl halides is 1. The summed E-state index contributed by atoms with van der Waals surface area (Å²) in [4.78, 5) is 10.8. The molecule has 4 nitrogen and oxygen atoms in total. The zero-order chi connectivity index (χ0) is 12.0. The highest BCUT2D eigenvalue weighted by Gasteiger charge is 2.14. The van der Waals surface area contributed by atoms with Crippen LogP contribution in [0, 0.1) is 0 Å². The summed E-state index contributed by atoms with van der Waals surface area (Å²) in [6.07, 6.45) is 0. The molecule has 0 aromatic heterocycles. The van der Waals surface area contributed by atoms with Crippen molar-refractivity contribution in [3.8, 4) is 5.75 Å². The fraction of sp³-hybridized carbons (Fsp3) is 0.364. The van der Waals surface area contributed by atoms with E-state index in [4.69, 9.17) is 4.74 Å². The molecule has 1 unspecified atom stereocenters. The standard InChI is InChI=1S/C11H14BrNO3/c1-15-9-5-3-4-8(6-9)13-7-10(12)11(14)16-2/h3-6,10,13H,7H2,1-2H3. The van der Waals surface area contributed by atoms with Crippen molar-refractivity contribution in [1.82, 2.24) is 0 Å². The van der Waals surface area contributed by atoms with Crippen molar-refractivity contribution in [1.29, 1.82) is 0 Å². The topological polar surface area (TPSA) is 47.6 Å². The summed E-state index contributed by atoms with van der Waals surface area (Å²) in [5.41, 5.74) is 0.896. The third-order valence-electron chi connectivity index (χ3n) is 2.01. The minimum atomic E-state index is -0.358. The largest absolute Gasteiger partial charge is 0.497 e. The van der Waals surface area contributed by atoms with E-state index in [-0.39, 0.29) is 10.8 Å². The monoisotopic (exact) mass is 287 g/mol. The van der Waals surface area contributed by atoms with E-state index < -0.39 is 0 Å². The Bertz CT molecular complexity index is 357. The Morgan fingerprint density at radius 2 is 2.25 bits per heavy atom. The Balaban J connectivity index is 2.51. The number of benzene rings is 1. The Hall–Kier alpha value is -1.23. The lowest BCUT2D eigenvalue weighted by Gasteiger charge is -2.11. The number of ether oxygens (including phenoxy) is 2. The van der Waals surface area contributed by atoms with Crippen molar-refractivity contribution in [3.05, 3.63) is 24.3 Å². The highest BCUT2D eigenvalue weighted by molar-refractivity contribution is 9.10. The lowest BCUT2D eigenvalue weighted by atomic mass is 10.3. The SMILES string of the molecule is COC(=O)C(Br)CNc1cccc(OC)c1. The van der Waals surface area contributed by atoms with Crippen LogP contribution in [0.15, 0.2) is 24.3 Å². The normalized spacial score (nSPS) is 11.7. The molecule has 0 radical (unpaired) electrons. The van der Waals surface area contributed by atoms with Crippen LogP contribution in [0.4, 0.5) is 5.69 Å². The number of nitrogens with one attached hydrogen (secondary N) is 1. The molecule has 0 aliphatic heterocycles. The molecular formula is C11H14BrNO3. The van der Waals surface area contributed by atoms with E-state index in [0.29, 0.717) is 6.54 Å². The summed E-state index contributed by atoms with van der Waals surface area (Å²) >= 11 is 3.23. The molecule has 1 atom stereocenters. The Morgan fingerprint density at radius 1 is 1.50 bits per heavy atom. The second kappa shape index (κ2) is 6.37. The van der Waals surface area contributed by atoms with Crippen LogP contribution in [0.25, 0.3) is 0 Å². The quantitative estimate of drug-likeness (QED) is 0.665. The summed E-state index contributed by atoms with van der Waals surface area (Å²) in [6.45, 7) is 0.458. The molecule has 0 aliphatic rings. The lowest BCUT2D eigenvalue weighted by molar-refractivity contribution is -0.139. The molecule has 0 saturated carbocycles. The molecule has 1 aromatic carbocycles. The van der Waals surface area contributed by atoms with E-state index in [1.165, 1.54) is 7.11 Å². The molecule has 0 aliphatic carbocycles. The van der Waals surface area contributed by atoms with Crippen LogP contribution in [0.2, 0.25) is 0 Å². The van der Waals surface area contributed by atoms with Gasteiger partial charge in [0.1, 0.15) is 10.6 Å². The molecule has 0 spiro atoms. The highest BCUT2D eigenvalue weighted by Crippen LogP contribution is 2.17. The molecule has 0 heterocycles. The summed E-state index contributed by atoms with van der Waals surface area (Å²) < 4.78 is 9.68. The number of carbonyl (C=O) groups is 1. The van der Waals surface area contributed by atoms with E-state index in [0.717, 1.165) is 11.4 Å². The number of halogens is 1. The number of carbonyl (C=O) groups excluding carboxylic acids is 1. The van der Waals surface area contributed by atoms with Crippen LogP contribution in [-0.4, -0.2) is 31.6 Å². The van der Waals surface area contributed by atoms with E-state index >= 15 is 0 Å². The van der Waals surface area contributed by atoms with E-state index in [1.807, 2.05) is 24.3 Å². The first-order valence-corrected chi connectivity index (χ1v) is 5.68. The van der Waals surface area contributed by atoms with Crippen LogP contribution < -0.4 is 10.1 Å².